The van der Waals surface area contributed by atoms with Gasteiger partial charge in [0.15, 0.2) is 0 Å². The van der Waals surface area contributed by atoms with Gasteiger partial charge in [0.1, 0.15) is 5.75 Å². The summed E-state index contributed by atoms with van der Waals surface area (Å²) in [6, 6.07) is 4.90. The molecule has 0 atom stereocenters. The monoisotopic (exact) mass is 197 g/mol. The second-order valence-corrected chi connectivity index (χ2v) is 2.79. The molecule has 1 rings (SSSR count). The topological polar surface area (TPSA) is 52.3 Å². The molecule has 0 fully saturated rings. The molecule has 1 amide bonds. The Morgan fingerprint density at radius 2 is 2.29 bits per heavy atom. The molecular formula is C10H12FNO2. The van der Waals surface area contributed by atoms with Crippen molar-refractivity contribution in [3.63, 3.8) is 0 Å². The summed E-state index contributed by atoms with van der Waals surface area (Å²) < 4.78 is 17.2. The molecule has 2 N–H and O–H groups in total. The lowest BCUT2D eigenvalue weighted by atomic mass is 10.0. The van der Waals surface area contributed by atoms with Gasteiger partial charge in [0, 0.05) is 17.5 Å². The van der Waals surface area contributed by atoms with E-state index in [0.717, 1.165) is 0 Å². The number of ether oxygens (including phenoxy) is 1. The highest BCUT2D eigenvalue weighted by Gasteiger charge is 2.12. The minimum absolute atomic E-state index is 0.141. The van der Waals surface area contributed by atoms with Crippen molar-refractivity contribution in [2.24, 2.45) is 5.73 Å². The van der Waals surface area contributed by atoms with E-state index in [1.807, 2.05) is 0 Å². The zero-order valence-electron chi connectivity index (χ0n) is 7.92. The van der Waals surface area contributed by atoms with Gasteiger partial charge in [0.2, 0.25) is 5.91 Å². The van der Waals surface area contributed by atoms with E-state index >= 15 is 0 Å². The number of methoxy groups -OCH3 is 1. The van der Waals surface area contributed by atoms with Crippen LogP contribution in [0.1, 0.15) is 15.9 Å². The van der Waals surface area contributed by atoms with Crippen molar-refractivity contribution >= 4 is 5.91 Å². The Labute approximate surface area is 81.7 Å². The Hall–Kier alpha value is -1.58. The molecule has 1 aromatic rings. The average molecular weight is 197 g/mol. The molecular weight excluding hydrogens is 185 g/mol. The Kier molecular flexibility index (Phi) is 3.45. The van der Waals surface area contributed by atoms with E-state index in [2.05, 4.69) is 0 Å². The second-order valence-electron chi connectivity index (χ2n) is 2.79. The van der Waals surface area contributed by atoms with E-state index in [4.69, 9.17) is 10.5 Å². The van der Waals surface area contributed by atoms with Gasteiger partial charge in [0.05, 0.1) is 13.8 Å². The Morgan fingerprint density at radius 1 is 1.57 bits per heavy atom. The van der Waals surface area contributed by atoms with Gasteiger partial charge in [-0.25, -0.2) is 0 Å². The third-order valence-electron chi connectivity index (χ3n) is 1.96. The Bertz CT molecular complexity index is 339. The molecule has 0 bridgehead atoms. The standard InChI is InChI=1S/C10H12FNO2/c1-14-9-4-2-3-8(10(12)13)7(9)5-6-11/h2-4H,5-6H2,1H3,(H2,12,13). The lowest BCUT2D eigenvalue weighted by molar-refractivity contribution is 0.0999. The molecule has 0 heterocycles. The van der Waals surface area contributed by atoms with Gasteiger partial charge in [-0.2, -0.15) is 0 Å². The Balaban J connectivity index is 3.20. The van der Waals surface area contributed by atoms with Crippen molar-refractivity contribution in [3.8, 4) is 5.75 Å². The summed E-state index contributed by atoms with van der Waals surface area (Å²) in [5.74, 6) is -0.0636. The van der Waals surface area contributed by atoms with Crippen LogP contribution in [0.25, 0.3) is 0 Å². The number of carbonyl (C=O) groups is 1. The highest BCUT2D eigenvalue weighted by atomic mass is 19.1. The summed E-state index contributed by atoms with van der Waals surface area (Å²) in [5, 5.41) is 0. The van der Waals surface area contributed by atoms with Crippen LogP contribution in [0.3, 0.4) is 0 Å². The summed E-state index contributed by atoms with van der Waals surface area (Å²) in [4.78, 5) is 11.0. The van der Waals surface area contributed by atoms with Crippen LogP contribution in [-0.4, -0.2) is 19.7 Å². The van der Waals surface area contributed by atoms with Gasteiger partial charge in [0.25, 0.3) is 0 Å². The minimum Gasteiger partial charge on any atom is -0.496 e. The van der Waals surface area contributed by atoms with Crippen LogP contribution < -0.4 is 10.5 Å². The van der Waals surface area contributed by atoms with E-state index in [1.54, 1.807) is 18.2 Å². The molecule has 3 nitrogen and oxygen atoms in total. The first-order chi connectivity index (χ1) is 6.70. The molecule has 0 radical (unpaired) electrons. The SMILES string of the molecule is COc1cccc(C(N)=O)c1CCF. The number of nitrogens with two attached hydrogens (primary N) is 1. The van der Waals surface area contributed by atoms with Crippen LogP contribution in [0.2, 0.25) is 0 Å². The maximum absolute atomic E-state index is 12.2. The average Bonchev–Trinajstić information content (AvgIpc) is 2.18. The highest BCUT2D eigenvalue weighted by molar-refractivity contribution is 5.95. The van der Waals surface area contributed by atoms with Crippen LogP contribution in [0.4, 0.5) is 4.39 Å². The molecule has 76 valence electrons. The number of rotatable bonds is 4. The van der Waals surface area contributed by atoms with Crippen molar-refractivity contribution in [3.05, 3.63) is 29.3 Å². The molecule has 0 aliphatic rings. The van der Waals surface area contributed by atoms with E-state index < -0.39 is 12.6 Å². The van der Waals surface area contributed by atoms with Crippen molar-refractivity contribution < 1.29 is 13.9 Å². The fourth-order valence-corrected chi connectivity index (χ4v) is 1.34. The molecule has 0 saturated heterocycles. The molecule has 0 spiro atoms. The predicted molar refractivity (Wildman–Crippen MR) is 51.2 cm³/mol. The molecule has 0 saturated carbocycles. The summed E-state index contributed by atoms with van der Waals surface area (Å²) >= 11 is 0. The quantitative estimate of drug-likeness (QED) is 0.791. The van der Waals surface area contributed by atoms with Gasteiger partial charge in [-0.1, -0.05) is 6.07 Å². The van der Waals surface area contributed by atoms with Crippen molar-refractivity contribution in [1.29, 1.82) is 0 Å². The molecule has 0 aliphatic carbocycles. The highest BCUT2D eigenvalue weighted by Crippen LogP contribution is 2.22. The van der Waals surface area contributed by atoms with Crippen LogP contribution >= 0.6 is 0 Å². The van der Waals surface area contributed by atoms with Crippen LogP contribution in [0.15, 0.2) is 18.2 Å². The molecule has 0 aliphatic heterocycles. The molecule has 0 unspecified atom stereocenters. The van der Waals surface area contributed by atoms with E-state index in [-0.39, 0.29) is 6.42 Å². The lowest BCUT2D eigenvalue weighted by Crippen LogP contribution is -2.14. The third kappa shape index (κ3) is 2.02. The minimum atomic E-state index is -0.563. The van der Waals surface area contributed by atoms with E-state index in [0.29, 0.717) is 16.9 Å². The molecule has 14 heavy (non-hydrogen) atoms. The number of alkyl halides is 1. The lowest BCUT2D eigenvalue weighted by Gasteiger charge is -2.09. The van der Waals surface area contributed by atoms with Gasteiger partial charge < -0.3 is 10.5 Å². The first-order valence-corrected chi connectivity index (χ1v) is 4.22. The maximum atomic E-state index is 12.2. The number of hydrogen-bond donors (Lipinski definition) is 1. The molecule has 4 heteroatoms. The van der Waals surface area contributed by atoms with Crippen molar-refractivity contribution in [1.82, 2.24) is 0 Å². The van der Waals surface area contributed by atoms with Crippen molar-refractivity contribution in [2.75, 3.05) is 13.8 Å². The summed E-state index contributed by atoms with van der Waals surface area (Å²) in [7, 11) is 1.47. The number of hydrogen-bond acceptors (Lipinski definition) is 2. The summed E-state index contributed by atoms with van der Waals surface area (Å²) in [6.07, 6.45) is 0.141. The van der Waals surface area contributed by atoms with Crippen LogP contribution in [0.5, 0.6) is 5.75 Å². The summed E-state index contributed by atoms with van der Waals surface area (Å²) in [5.41, 5.74) is 6.01. The van der Waals surface area contributed by atoms with Crippen LogP contribution in [0, 0.1) is 0 Å². The Morgan fingerprint density at radius 3 is 2.79 bits per heavy atom. The van der Waals surface area contributed by atoms with Gasteiger partial charge in [-0.05, 0) is 12.1 Å². The normalized spacial score (nSPS) is 9.86. The number of carbonyl (C=O) groups excluding carboxylic acids is 1. The molecule has 0 aromatic heterocycles. The molecule has 1 aromatic carbocycles. The summed E-state index contributed by atoms with van der Waals surface area (Å²) in [6.45, 7) is -0.541. The second kappa shape index (κ2) is 4.60. The van der Waals surface area contributed by atoms with E-state index in [1.165, 1.54) is 7.11 Å². The first kappa shape index (κ1) is 10.5. The smallest absolute Gasteiger partial charge is 0.249 e. The number of halogens is 1. The van der Waals surface area contributed by atoms with Gasteiger partial charge in [-0.15, -0.1) is 0 Å². The number of primary amides is 1. The van der Waals surface area contributed by atoms with Crippen LogP contribution in [-0.2, 0) is 6.42 Å². The first-order valence-electron chi connectivity index (χ1n) is 4.22. The van der Waals surface area contributed by atoms with Gasteiger partial charge >= 0.3 is 0 Å². The zero-order valence-corrected chi connectivity index (χ0v) is 7.92. The largest absolute Gasteiger partial charge is 0.496 e. The fraction of sp³-hybridized carbons (Fsp3) is 0.300. The number of amides is 1. The fourth-order valence-electron chi connectivity index (χ4n) is 1.34. The third-order valence-corrected chi connectivity index (χ3v) is 1.96. The predicted octanol–water partition coefficient (Wildman–Crippen LogP) is 1.31. The zero-order chi connectivity index (χ0) is 10.6. The maximum Gasteiger partial charge on any atom is 0.249 e. The number of benzene rings is 1. The van der Waals surface area contributed by atoms with Crippen molar-refractivity contribution in [2.45, 2.75) is 6.42 Å². The van der Waals surface area contributed by atoms with Gasteiger partial charge in [-0.3, -0.25) is 9.18 Å². The van der Waals surface area contributed by atoms with E-state index in [9.17, 15) is 9.18 Å².